The third kappa shape index (κ3) is 2.95. The fourth-order valence-corrected chi connectivity index (χ4v) is 2.06. The number of aromatic nitrogens is 5. The van der Waals surface area contributed by atoms with Crippen LogP contribution in [0.5, 0.6) is 0 Å². The van der Waals surface area contributed by atoms with Gasteiger partial charge in [-0.3, -0.25) is 19.4 Å². The number of amides is 1. The van der Waals surface area contributed by atoms with E-state index in [4.69, 9.17) is 0 Å². The molecule has 3 aromatic rings. The van der Waals surface area contributed by atoms with Crippen molar-refractivity contribution in [2.45, 2.75) is 6.42 Å². The first kappa shape index (κ1) is 13.8. The fourth-order valence-electron chi connectivity index (χ4n) is 2.06. The molecule has 0 atom stereocenters. The first-order chi connectivity index (χ1) is 10.6. The molecule has 0 saturated heterocycles. The first-order valence-electron chi connectivity index (χ1n) is 6.64. The molecule has 0 aliphatic heterocycles. The van der Waals surface area contributed by atoms with E-state index in [1.165, 1.54) is 15.4 Å². The normalized spacial score (nSPS) is 10.6. The lowest BCUT2D eigenvalue weighted by Gasteiger charge is -2.02. The van der Waals surface area contributed by atoms with Crippen LogP contribution >= 0.6 is 0 Å². The predicted octanol–water partition coefficient (Wildman–Crippen LogP) is 0.475. The van der Waals surface area contributed by atoms with Crippen molar-refractivity contribution in [1.82, 2.24) is 24.8 Å². The van der Waals surface area contributed by atoms with E-state index in [1.807, 2.05) is 18.2 Å². The molecule has 1 aromatic carbocycles. The number of H-pyrrole nitrogens is 1. The van der Waals surface area contributed by atoms with Crippen molar-refractivity contribution in [3.05, 3.63) is 58.6 Å². The van der Waals surface area contributed by atoms with Crippen molar-refractivity contribution in [2.75, 3.05) is 5.32 Å². The van der Waals surface area contributed by atoms with Gasteiger partial charge in [0.25, 0.3) is 5.56 Å². The summed E-state index contributed by atoms with van der Waals surface area (Å²) >= 11 is 0. The molecule has 112 valence electrons. The van der Waals surface area contributed by atoms with Crippen molar-refractivity contribution in [1.29, 1.82) is 0 Å². The minimum absolute atomic E-state index is 0.0897. The number of hydrogen-bond acceptors (Lipinski definition) is 4. The lowest BCUT2D eigenvalue weighted by atomic mass is 10.3. The molecular weight excluding hydrogens is 284 g/mol. The first-order valence-corrected chi connectivity index (χ1v) is 6.64. The number of rotatable bonds is 4. The van der Waals surface area contributed by atoms with Crippen LogP contribution in [0.3, 0.4) is 0 Å². The highest BCUT2D eigenvalue weighted by molar-refractivity contribution is 5.91. The zero-order chi connectivity index (χ0) is 15.5. The quantitative estimate of drug-likeness (QED) is 0.732. The van der Waals surface area contributed by atoms with Gasteiger partial charge in [0.05, 0.1) is 17.8 Å². The molecule has 0 saturated carbocycles. The zero-order valence-electron chi connectivity index (χ0n) is 11.9. The van der Waals surface area contributed by atoms with E-state index in [0.29, 0.717) is 17.2 Å². The number of aromatic amines is 1. The van der Waals surface area contributed by atoms with Gasteiger partial charge in [-0.2, -0.15) is 0 Å². The summed E-state index contributed by atoms with van der Waals surface area (Å²) in [5, 5.41) is 13.1. The SMILES string of the molecule is Cn1cc(CC(=O)Nc2cc(=O)n(-c3ccccc3)[nH]2)nn1. The van der Waals surface area contributed by atoms with Crippen molar-refractivity contribution in [2.24, 2.45) is 7.05 Å². The monoisotopic (exact) mass is 298 g/mol. The standard InChI is InChI=1S/C14H14N6O2/c1-19-9-10(16-18-19)7-13(21)15-12-8-14(22)20(17-12)11-5-3-2-4-6-11/h2-6,8-9,17H,7H2,1H3,(H,15,21). The molecule has 2 heterocycles. The minimum atomic E-state index is -0.276. The van der Waals surface area contributed by atoms with Crippen LogP contribution in [0.4, 0.5) is 5.82 Å². The molecule has 0 radical (unpaired) electrons. The van der Waals surface area contributed by atoms with Gasteiger partial charge in [-0.15, -0.1) is 5.10 Å². The van der Waals surface area contributed by atoms with Crippen LogP contribution in [0.1, 0.15) is 5.69 Å². The van der Waals surface area contributed by atoms with Crippen molar-refractivity contribution in [3.8, 4) is 5.69 Å². The van der Waals surface area contributed by atoms with Crippen LogP contribution < -0.4 is 10.9 Å². The maximum Gasteiger partial charge on any atom is 0.273 e. The van der Waals surface area contributed by atoms with Crippen molar-refractivity contribution in [3.63, 3.8) is 0 Å². The Kier molecular flexibility index (Phi) is 3.57. The summed E-state index contributed by atoms with van der Waals surface area (Å²) in [6.07, 6.45) is 1.75. The third-order valence-electron chi connectivity index (χ3n) is 3.00. The average molecular weight is 298 g/mol. The molecular formula is C14H14N6O2. The van der Waals surface area contributed by atoms with E-state index < -0.39 is 0 Å². The van der Waals surface area contributed by atoms with Crippen molar-refractivity contribution < 1.29 is 4.79 Å². The fraction of sp³-hybridized carbons (Fsp3) is 0.143. The Morgan fingerprint density at radius 3 is 2.77 bits per heavy atom. The van der Waals surface area contributed by atoms with Gasteiger partial charge in [0.2, 0.25) is 5.91 Å². The smallest absolute Gasteiger partial charge is 0.273 e. The molecule has 0 aliphatic rings. The highest BCUT2D eigenvalue weighted by Gasteiger charge is 2.10. The lowest BCUT2D eigenvalue weighted by Crippen LogP contribution is -2.15. The van der Waals surface area contributed by atoms with Gasteiger partial charge in [0, 0.05) is 19.3 Å². The van der Waals surface area contributed by atoms with Crippen LogP contribution in [0.15, 0.2) is 47.4 Å². The van der Waals surface area contributed by atoms with Gasteiger partial charge in [-0.25, -0.2) is 4.68 Å². The van der Waals surface area contributed by atoms with E-state index in [-0.39, 0.29) is 17.9 Å². The number of hydrogen-bond donors (Lipinski definition) is 2. The van der Waals surface area contributed by atoms with Gasteiger partial charge in [0.15, 0.2) is 0 Å². The summed E-state index contributed by atoms with van der Waals surface area (Å²) in [6.45, 7) is 0. The van der Waals surface area contributed by atoms with E-state index in [1.54, 1.807) is 25.4 Å². The van der Waals surface area contributed by atoms with Crippen LogP contribution in [0.25, 0.3) is 5.69 Å². The Morgan fingerprint density at radius 1 is 1.32 bits per heavy atom. The molecule has 0 spiro atoms. The van der Waals surface area contributed by atoms with Gasteiger partial charge in [0.1, 0.15) is 5.82 Å². The van der Waals surface area contributed by atoms with Crippen LogP contribution in [0.2, 0.25) is 0 Å². The molecule has 8 nitrogen and oxygen atoms in total. The number of benzene rings is 1. The molecule has 2 aromatic heterocycles. The Hall–Kier alpha value is -3.16. The van der Waals surface area contributed by atoms with Crippen molar-refractivity contribution >= 4 is 11.7 Å². The second-order valence-corrected chi connectivity index (χ2v) is 4.79. The van der Waals surface area contributed by atoms with Crippen LogP contribution in [-0.4, -0.2) is 30.7 Å². The molecule has 8 heteroatoms. The van der Waals surface area contributed by atoms with Gasteiger partial charge in [-0.05, 0) is 12.1 Å². The highest BCUT2D eigenvalue weighted by atomic mass is 16.2. The van der Waals surface area contributed by atoms with Gasteiger partial charge >= 0.3 is 0 Å². The second-order valence-electron chi connectivity index (χ2n) is 4.79. The number of nitrogens with one attached hydrogen (secondary N) is 2. The summed E-state index contributed by atoms with van der Waals surface area (Å²) in [7, 11) is 1.73. The number of para-hydroxylation sites is 1. The molecule has 0 unspecified atom stereocenters. The molecule has 3 rings (SSSR count). The number of nitrogens with zero attached hydrogens (tertiary/aromatic N) is 4. The topological polar surface area (TPSA) is 97.6 Å². The maximum atomic E-state index is 11.9. The lowest BCUT2D eigenvalue weighted by molar-refractivity contribution is -0.115. The maximum absolute atomic E-state index is 11.9. The van der Waals surface area contributed by atoms with Crippen LogP contribution in [-0.2, 0) is 18.3 Å². The van der Waals surface area contributed by atoms with Gasteiger partial charge < -0.3 is 5.32 Å². The van der Waals surface area contributed by atoms with Crippen LogP contribution in [0, 0.1) is 0 Å². The molecule has 0 fully saturated rings. The third-order valence-corrected chi connectivity index (χ3v) is 3.00. The summed E-state index contributed by atoms with van der Waals surface area (Å²) < 4.78 is 2.88. The molecule has 0 aliphatic carbocycles. The number of aryl methyl sites for hydroxylation is 1. The summed E-state index contributed by atoms with van der Waals surface area (Å²) in [5.74, 6) is 0.0599. The number of carbonyl (C=O) groups excluding carboxylic acids is 1. The number of anilines is 1. The highest BCUT2D eigenvalue weighted by Crippen LogP contribution is 2.06. The number of carbonyl (C=O) groups is 1. The van der Waals surface area contributed by atoms with E-state index >= 15 is 0 Å². The zero-order valence-corrected chi connectivity index (χ0v) is 11.9. The predicted molar refractivity (Wildman–Crippen MR) is 79.7 cm³/mol. The summed E-state index contributed by atoms with van der Waals surface area (Å²) in [5.41, 5.74) is 1.01. The Morgan fingerprint density at radius 2 is 2.09 bits per heavy atom. The Bertz CT molecular complexity index is 846. The van der Waals surface area contributed by atoms with E-state index in [9.17, 15) is 9.59 Å². The summed E-state index contributed by atoms with van der Waals surface area (Å²) in [4.78, 5) is 23.9. The van der Waals surface area contributed by atoms with Gasteiger partial charge in [-0.1, -0.05) is 23.4 Å². The summed E-state index contributed by atoms with van der Waals surface area (Å²) in [6, 6.07) is 10.4. The van der Waals surface area contributed by atoms with E-state index in [2.05, 4.69) is 20.7 Å². The van der Waals surface area contributed by atoms with E-state index in [0.717, 1.165) is 0 Å². The molecule has 2 N–H and O–H groups in total. The Balaban J connectivity index is 1.74. The molecule has 1 amide bonds. The molecule has 22 heavy (non-hydrogen) atoms. The Labute approximate surface area is 125 Å². The largest absolute Gasteiger partial charge is 0.311 e. The molecule has 0 bridgehead atoms. The average Bonchev–Trinajstić information content (AvgIpc) is 3.05. The second kappa shape index (κ2) is 5.68. The minimum Gasteiger partial charge on any atom is -0.311 e.